The van der Waals surface area contributed by atoms with Crippen LogP contribution in [0.15, 0.2) is 83.7 Å². The molecule has 9 nitrogen and oxygen atoms in total. The minimum atomic E-state index is -5.48. The second-order valence-electron chi connectivity index (χ2n) is 8.13. The van der Waals surface area contributed by atoms with Crippen LogP contribution in [0.1, 0.15) is 16.8 Å². The van der Waals surface area contributed by atoms with E-state index in [2.05, 4.69) is 9.51 Å². The van der Waals surface area contributed by atoms with Crippen molar-refractivity contribution in [2.24, 2.45) is 0 Å². The minimum Gasteiger partial charge on any atom is -0.780 e. The average Bonchev–Trinajstić information content (AvgIpc) is 3.21. The fraction of sp³-hybridized carbons (Fsp3) is 0.0385. The van der Waals surface area contributed by atoms with Gasteiger partial charge in [-0.1, -0.05) is 54.1 Å². The van der Waals surface area contributed by atoms with Gasteiger partial charge in [-0.15, -0.1) is 0 Å². The molecule has 2 aromatic heterocycles. The van der Waals surface area contributed by atoms with Crippen LogP contribution in [0.25, 0.3) is 28.0 Å². The van der Waals surface area contributed by atoms with Crippen LogP contribution in [0.3, 0.4) is 0 Å². The summed E-state index contributed by atoms with van der Waals surface area (Å²) in [5.41, 5.74) is 3.19. The van der Waals surface area contributed by atoms with Crippen molar-refractivity contribution in [1.29, 1.82) is 5.26 Å². The van der Waals surface area contributed by atoms with E-state index in [1.807, 2.05) is 36.4 Å². The maximum atomic E-state index is 12.8. The van der Waals surface area contributed by atoms with Crippen molar-refractivity contribution in [1.82, 2.24) is 14.6 Å². The zero-order valence-corrected chi connectivity index (χ0v) is 26.6. The van der Waals surface area contributed by atoms with Crippen LogP contribution >= 0.6 is 19.4 Å². The number of H-pyrrole nitrogens is 1. The Morgan fingerprint density at radius 2 is 1.72 bits per heavy atom. The molecule has 39 heavy (non-hydrogen) atoms. The van der Waals surface area contributed by atoms with Crippen molar-refractivity contribution in [2.75, 3.05) is 0 Å². The Labute approximate surface area is 272 Å². The van der Waals surface area contributed by atoms with Crippen LogP contribution in [-0.2, 0) is 11.0 Å². The number of nitrogens with zero attached hydrogens (tertiary/aromatic N) is 3. The third-order valence-electron chi connectivity index (χ3n) is 5.64. The number of aromatic nitrogens is 3. The third-order valence-corrected chi connectivity index (χ3v) is 6.31. The van der Waals surface area contributed by atoms with Gasteiger partial charge in [0.25, 0.3) is 5.56 Å². The molecule has 5 rings (SSSR count). The van der Waals surface area contributed by atoms with E-state index >= 15 is 0 Å². The topological polar surface area (TPSA) is 146 Å². The molecule has 0 unspecified atom stereocenters. The van der Waals surface area contributed by atoms with E-state index in [1.54, 1.807) is 24.3 Å². The molecule has 0 saturated heterocycles. The zero-order valence-electron chi connectivity index (χ0n) is 20.9. The molecule has 3 aromatic carbocycles. The summed E-state index contributed by atoms with van der Waals surface area (Å²) in [7, 11) is -5.48. The van der Waals surface area contributed by atoms with E-state index in [1.165, 1.54) is 22.7 Å². The third kappa shape index (κ3) is 7.12. The van der Waals surface area contributed by atoms with Crippen LogP contribution in [-0.4, -0.2) is 14.6 Å². The normalized spacial score (nSPS) is 10.8. The fourth-order valence-electron chi connectivity index (χ4n) is 4.12. The standard InChI is InChI=1S/C26H18ClN4O5P.2Na/c27-19-9-7-18(8-10-19)25-21(12-16-4-2-1-3-5-16)30-31-22(14-24(32)29-26(25)31)20-11-6-17(15-28)13-23(20)36-37(33,34)35;;/h1-11,13-14H,12H2,(H,29,32)(H2,33,34,35);;/q;2*+1/p-2. The summed E-state index contributed by atoms with van der Waals surface area (Å²) >= 11 is 6.10. The van der Waals surface area contributed by atoms with Crippen molar-refractivity contribution < 1.29 is 78.0 Å². The first-order chi connectivity index (χ1) is 17.7. The van der Waals surface area contributed by atoms with Gasteiger partial charge in [-0.2, -0.15) is 10.4 Å². The first-order valence-corrected chi connectivity index (χ1v) is 12.8. The maximum Gasteiger partial charge on any atom is 1.00 e. The van der Waals surface area contributed by atoms with Gasteiger partial charge in [0.05, 0.1) is 23.0 Å². The number of fused-ring (bicyclic) bond motifs is 1. The van der Waals surface area contributed by atoms with Crippen molar-refractivity contribution >= 4 is 25.1 Å². The van der Waals surface area contributed by atoms with Gasteiger partial charge >= 0.3 is 59.1 Å². The fourth-order valence-corrected chi connectivity index (χ4v) is 4.63. The molecule has 2 heterocycles. The molecule has 0 aliphatic heterocycles. The van der Waals surface area contributed by atoms with E-state index in [0.717, 1.165) is 17.2 Å². The Morgan fingerprint density at radius 1 is 1.03 bits per heavy atom. The molecule has 0 amide bonds. The van der Waals surface area contributed by atoms with Gasteiger partial charge in [0, 0.05) is 28.6 Å². The van der Waals surface area contributed by atoms with E-state index in [4.69, 9.17) is 16.7 Å². The molecule has 0 aliphatic rings. The minimum absolute atomic E-state index is 0. The van der Waals surface area contributed by atoms with Crippen LogP contribution < -0.4 is 79.0 Å². The molecule has 0 radical (unpaired) electrons. The molecule has 0 fully saturated rings. The van der Waals surface area contributed by atoms with Crippen molar-refractivity contribution in [3.8, 4) is 34.2 Å². The van der Waals surface area contributed by atoms with Gasteiger partial charge in [-0.05, 0) is 41.5 Å². The number of phosphoric acid groups is 1. The summed E-state index contributed by atoms with van der Waals surface area (Å²) < 4.78 is 17.6. The predicted molar refractivity (Wildman–Crippen MR) is 134 cm³/mol. The quantitative estimate of drug-likeness (QED) is 0.176. The second-order valence-corrected chi connectivity index (χ2v) is 9.64. The second kappa shape index (κ2) is 13.0. The molecular formula is C26H16ClN4Na2O5P. The van der Waals surface area contributed by atoms with E-state index < -0.39 is 13.4 Å². The van der Waals surface area contributed by atoms with Gasteiger partial charge in [0.15, 0.2) is 0 Å². The van der Waals surface area contributed by atoms with Crippen LogP contribution in [0.5, 0.6) is 5.75 Å². The molecular weight excluding hydrogens is 561 g/mol. The Morgan fingerprint density at radius 3 is 2.36 bits per heavy atom. The Kier molecular flexibility index (Phi) is 10.4. The summed E-state index contributed by atoms with van der Waals surface area (Å²) in [5, 5.41) is 14.6. The monoisotopic (exact) mass is 576 g/mol. The zero-order chi connectivity index (χ0) is 26.2. The van der Waals surface area contributed by atoms with Crippen molar-refractivity contribution in [3.05, 3.63) is 111 Å². The Balaban J connectivity index is 0.00000210. The molecule has 184 valence electrons. The molecule has 0 aliphatic carbocycles. The maximum absolute atomic E-state index is 12.8. The number of nitrogens with one attached hydrogen (secondary N) is 1. The number of hydrogen-bond donors (Lipinski definition) is 1. The van der Waals surface area contributed by atoms with Crippen LogP contribution in [0.2, 0.25) is 5.02 Å². The molecule has 0 saturated carbocycles. The largest absolute Gasteiger partial charge is 1.00 e. The molecule has 0 atom stereocenters. The number of nitriles is 1. The average molecular weight is 577 g/mol. The number of phosphoric ester groups is 1. The first kappa shape index (κ1) is 31.3. The van der Waals surface area contributed by atoms with Crippen molar-refractivity contribution in [3.63, 3.8) is 0 Å². The van der Waals surface area contributed by atoms with Gasteiger partial charge in [0.2, 0.25) is 0 Å². The summed E-state index contributed by atoms with van der Waals surface area (Å²) in [6.07, 6.45) is 0.426. The van der Waals surface area contributed by atoms with Gasteiger partial charge < -0.3 is 23.9 Å². The first-order valence-electron chi connectivity index (χ1n) is 10.9. The Bertz CT molecular complexity index is 1780. The molecule has 0 spiro atoms. The molecule has 13 heteroatoms. The van der Waals surface area contributed by atoms with E-state index in [9.17, 15) is 24.4 Å². The number of rotatable bonds is 6. The molecule has 1 N–H and O–H groups in total. The SMILES string of the molecule is N#Cc1ccc(-c2cc(=O)[nH]c3c(-c4ccc(Cl)cc4)c(Cc4ccccc4)nn23)c(OP(=O)([O-])[O-])c1.[Na+].[Na+]. The summed E-state index contributed by atoms with van der Waals surface area (Å²) in [6.45, 7) is 0. The predicted octanol–water partition coefficient (Wildman–Crippen LogP) is -2.31. The van der Waals surface area contributed by atoms with Crippen LogP contribution in [0, 0.1) is 11.3 Å². The number of benzene rings is 3. The van der Waals surface area contributed by atoms with Gasteiger partial charge in [0.1, 0.15) is 19.2 Å². The summed E-state index contributed by atoms with van der Waals surface area (Å²) in [6, 6.07) is 23.7. The number of halogens is 1. The van der Waals surface area contributed by atoms with Gasteiger partial charge in [-0.25, -0.2) is 4.52 Å². The Hall–Kier alpha value is -2.19. The van der Waals surface area contributed by atoms with E-state index in [-0.39, 0.29) is 81.7 Å². The van der Waals surface area contributed by atoms with Crippen molar-refractivity contribution in [2.45, 2.75) is 6.42 Å². The smallest absolute Gasteiger partial charge is 0.780 e. The van der Waals surface area contributed by atoms with E-state index in [0.29, 0.717) is 28.3 Å². The van der Waals surface area contributed by atoms with Crippen LogP contribution in [0.4, 0.5) is 0 Å². The number of hydrogen-bond acceptors (Lipinski definition) is 7. The molecule has 5 aromatic rings. The summed E-state index contributed by atoms with van der Waals surface area (Å²) in [4.78, 5) is 38.5. The van der Waals surface area contributed by atoms with Gasteiger partial charge in [-0.3, -0.25) is 4.79 Å². The summed E-state index contributed by atoms with van der Waals surface area (Å²) in [5.74, 6) is -0.382. The number of aromatic amines is 1. The molecule has 0 bridgehead atoms.